The molecule has 1 atom stereocenters. The molecular weight excluding hydrogens is 877 g/mol. The summed E-state index contributed by atoms with van der Waals surface area (Å²) in [4.78, 5) is 37.9. The lowest BCUT2D eigenvalue weighted by Crippen LogP contribution is -2.30. The van der Waals surface area contributed by atoms with E-state index < -0.39 is 12.1 Å². The van der Waals surface area contributed by atoms with E-state index in [0.717, 1.165) is 89.9 Å². The van der Waals surface area contributed by atoms with E-state index >= 15 is 0 Å². The number of esters is 3. The molecule has 71 heavy (non-hydrogen) atoms. The Kier molecular flexibility index (Phi) is 55.4. The van der Waals surface area contributed by atoms with Crippen LogP contribution < -0.4 is 0 Å². The van der Waals surface area contributed by atoms with Gasteiger partial charge in [0.1, 0.15) is 13.2 Å². The monoisotopic (exact) mass is 985 g/mol. The number of ether oxygens (including phenoxy) is 3. The quantitative estimate of drug-likeness (QED) is 0.0261. The molecule has 1 unspecified atom stereocenters. The van der Waals surface area contributed by atoms with Crippen LogP contribution in [0.5, 0.6) is 0 Å². The van der Waals surface area contributed by atoms with Gasteiger partial charge < -0.3 is 14.2 Å². The van der Waals surface area contributed by atoms with Crippen LogP contribution in [0.2, 0.25) is 0 Å². The molecule has 0 rings (SSSR count). The molecule has 0 bridgehead atoms. The third-order valence-electron chi connectivity index (χ3n) is 12.3. The second kappa shape index (κ2) is 58.6. The molecule has 0 aliphatic rings. The van der Waals surface area contributed by atoms with E-state index in [1.807, 2.05) is 12.2 Å². The maximum absolute atomic E-state index is 12.8. The normalized spacial score (nSPS) is 12.9. The number of rotatable bonds is 52. The van der Waals surface area contributed by atoms with E-state index in [-0.39, 0.29) is 31.6 Å². The maximum atomic E-state index is 12.8. The summed E-state index contributed by atoms with van der Waals surface area (Å²) < 4.78 is 16.7. The summed E-state index contributed by atoms with van der Waals surface area (Å²) in [5, 5.41) is 0. The number of carbonyl (C=O) groups is 3. The molecule has 0 aliphatic carbocycles. The van der Waals surface area contributed by atoms with Crippen molar-refractivity contribution in [3.63, 3.8) is 0 Å². The molecule has 0 heterocycles. The predicted octanol–water partition coefficient (Wildman–Crippen LogP) is 19.9. The first-order valence-electron chi connectivity index (χ1n) is 29.4. The van der Waals surface area contributed by atoms with E-state index in [9.17, 15) is 14.4 Å². The van der Waals surface area contributed by atoms with E-state index in [1.165, 1.54) is 128 Å². The molecule has 0 amide bonds. The Labute approximate surface area is 438 Å². The van der Waals surface area contributed by atoms with Crippen molar-refractivity contribution < 1.29 is 28.6 Å². The van der Waals surface area contributed by atoms with Crippen LogP contribution in [0.25, 0.3) is 0 Å². The Balaban J connectivity index is 4.25. The van der Waals surface area contributed by atoms with Crippen LogP contribution in [0.15, 0.2) is 109 Å². The van der Waals surface area contributed by atoms with E-state index in [4.69, 9.17) is 14.2 Å². The molecule has 6 heteroatoms. The van der Waals surface area contributed by atoms with Crippen LogP contribution in [0.1, 0.15) is 265 Å². The summed E-state index contributed by atoms with van der Waals surface area (Å²) in [6.45, 7) is 6.41. The predicted molar refractivity (Wildman–Crippen MR) is 307 cm³/mol. The van der Waals surface area contributed by atoms with Crippen LogP contribution in [-0.2, 0) is 28.6 Å². The minimum absolute atomic E-state index is 0.109. The lowest BCUT2D eigenvalue weighted by Gasteiger charge is -2.18. The van der Waals surface area contributed by atoms with Gasteiger partial charge >= 0.3 is 17.9 Å². The van der Waals surface area contributed by atoms with E-state index in [0.29, 0.717) is 19.3 Å². The molecular formula is C65H108O6. The molecule has 404 valence electrons. The smallest absolute Gasteiger partial charge is 0.306 e. The van der Waals surface area contributed by atoms with Crippen molar-refractivity contribution in [1.29, 1.82) is 0 Å². The second-order valence-corrected chi connectivity index (χ2v) is 19.2. The van der Waals surface area contributed by atoms with Gasteiger partial charge in [-0.2, -0.15) is 0 Å². The SMILES string of the molecule is CC/C=C\C/C=C\C/C=C\C/C=C\C/C=C\C/C=C\CCC(=O)OC(COC(=O)CCCCCCCCC)COC(=O)CCCCCCCCCCCCCC/C=C\C/C=C\C/C=C\CCCCCCC. The van der Waals surface area contributed by atoms with Gasteiger partial charge in [0.25, 0.3) is 0 Å². The molecule has 0 fully saturated rings. The van der Waals surface area contributed by atoms with Crippen molar-refractivity contribution in [3.8, 4) is 0 Å². The first kappa shape index (κ1) is 67.1. The third-order valence-corrected chi connectivity index (χ3v) is 12.3. The number of carbonyl (C=O) groups excluding carboxylic acids is 3. The zero-order chi connectivity index (χ0) is 51.4. The summed E-state index contributed by atoms with van der Waals surface area (Å²) in [5.41, 5.74) is 0. The van der Waals surface area contributed by atoms with Gasteiger partial charge in [0.15, 0.2) is 6.10 Å². The average molecular weight is 986 g/mol. The number of hydrogen-bond acceptors (Lipinski definition) is 6. The molecule has 0 saturated heterocycles. The molecule has 0 radical (unpaired) electrons. The van der Waals surface area contributed by atoms with Crippen LogP contribution in [0, 0.1) is 0 Å². The lowest BCUT2D eigenvalue weighted by molar-refractivity contribution is -0.166. The Morgan fingerprint density at radius 3 is 0.915 bits per heavy atom. The third kappa shape index (κ3) is 56.9. The molecule has 0 aliphatic heterocycles. The van der Waals surface area contributed by atoms with Gasteiger partial charge in [-0.25, -0.2) is 0 Å². The van der Waals surface area contributed by atoms with Gasteiger partial charge in [-0.3, -0.25) is 14.4 Å². The fourth-order valence-corrected chi connectivity index (χ4v) is 7.89. The van der Waals surface area contributed by atoms with Crippen molar-refractivity contribution in [1.82, 2.24) is 0 Å². The molecule has 0 aromatic carbocycles. The number of unbranched alkanes of at least 4 members (excludes halogenated alkanes) is 23. The van der Waals surface area contributed by atoms with Gasteiger partial charge in [-0.1, -0.05) is 259 Å². The summed E-state index contributed by atoms with van der Waals surface area (Å²) in [6.07, 6.45) is 79.8. The van der Waals surface area contributed by atoms with Crippen molar-refractivity contribution in [3.05, 3.63) is 109 Å². The minimum atomic E-state index is -0.818. The Bertz CT molecular complexity index is 1460. The van der Waals surface area contributed by atoms with Crippen molar-refractivity contribution in [2.24, 2.45) is 0 Å². The minimum Gasteiger partial charge on any atom is -0.462 e. The zero-order valence-corrected chi connectivity index (χ0v) is 46.2. The lowest BCUT2D eigenvalue weighted by atomic mass is 10.0. The molecule has 6 nitrogen and oxygen atoms in total. The summed E-state index contributed by atoms with van der Waals surface area (Å²) >= 11 is 0. The largest absolute Gasteiger partial charge is 0.462 e. The maximum Gasteiger partial charge on any atom is 0.306 e. The molecule has 0 aromatic rings. The van der Waals surface area contributed by atoms with Gasteiger partial charge in [-0.15, -0.1) is 0 Å². The topological polar surface area (TPSA) is 78.9 Å². The molecule has 0 N–H and O–H groups in total. The van der Waals surface area contributed by atoms with Crippen molar-refractivity contribution in [2.45, 2.75) is 271 Å². The number of allylic oxidation sites excluding steroid dienone is 18. The van der Waals surface area contributed by atoms with Crippen LogP contribution in [-0.4, -0.2) is 37.2 Å². The standard InChI is InChI=1S/C65H108O6/c1-4-7-10-13-16-18-20-22-24-26-28-29-30-31-32-33-34-35-37-38-40-42-44-46-49-52-55-58-64(67)70-61-62(60-69-63(66)57-54-51-48-15-12-9-6-3)71-65(68)59-56-53-50-47-45-43-41-39-36-27-25-23-21-19-17-14-11-8-5-2/h8,11,17,19-20,22-23,25-26,28,30-31,36,39,43,45,50,53,62H,4-7,9-10,12-16,18,21,24,27,29,32-35,37-38,40-42,44,46-49,51-52,54-61H2,1-3H3/b11-8-,19-17-,22-20-,25-23-,28-26-,31-30-,39-36-,45-43-,53-50-. The summed E-state index contributed by atoms with van der Waals surface area (Å²) in [6, 6.07) is 0. The first-order chi connectivity index (χ1) is 35.0. The molecule has 0 aromatic heterocycles. The van der Waals surface area contributed by atoms with Gasteiger partial charge in [-0.05, 0) is 96.3 Å². The second-order valence-electron chi connectivity index (χ2n) is 19.2. The Hall–Kier alpha value is -3.93. The van der Waals surface area contributed by atoms with Gasteiger partial charge in [0.2, 0.25) is 0 Å². The highest BCUT2D eigenvalue weighted by atomic mass is 16.6. The zero-order valence-electron chi connectivity index (χ0n) is 46.2. The van der Waals surface area contributed by atoms with Crippen LogP contribution >= 0.6 is 0 Å². The van der Waals surface area contributed by atoms with Crippen molar-refractivity contribution >= 4 is 17.9 Å². The van der Waals surface area contributed by atoms with E-state index in [1.54, 1.807) is 0 Å². The van der Waals surface area contributed by atoms with Gasteiger partial charge in [0.05, 0.1) is 0 Å². The molecule has 0 spiro atoms. The Morgan fingerprint density at radius 1 is 0.296 bits per heavy atom. The van der Waals surface area contributed by atoms with E-state index in [2.05, 4.69) is 118 Å². The highest BCUT2D eigenvalue weighted by Crippen LogP contribution is 2.15. The summed E-state index contributed by atoms with van der Waals surface area (Å²) in [5.74, 6) is -1.00. The van der Waals surface area contributed by atoms with Gasteiger partial charge in [0, 0.05) is 19.3 Å². The highest BCUT2D eigenvalue weighted by molar-refractivity contribution is 5.71. The van der Waals surface area contributed by atoms with Crippen molar-refractivity contribution in [2.75, 3.05) is 13.2 Å². The number of hydrogen-bond donors (Lipinski definition) is 0. The summed E-state index contributed by atoms with van der Waals surface area (Å²) in [7, 11) is 0. The Morgan fingerprint density at radius 2 is 0.577 bits per heavy atom. The average Bonchev–Trinajstić information content (AvgIpc) is 3.37. The highest BCUT2D eigenvalue weighted by Gasteiger charge is 2.19. The van der Waals surface area contributed by atoms with Crippen LogP contribution in [0.3, 0.4) is 0 Å². The fourth-order valence-electron chi connectivity index (χ4n) is 7.89. The fraction of sp³-hybridized carbons (Fsp3) is 0.677. The van der Waals surface area contributed by atoms with Crippen LogP contribution in [0.4, 0.5) is 0 Å². The first-order valence-corrected chi connectivity index (χ1v) is 29.4. The molecule has 0 saturated carbocycles.